The van der Waals surface area contributed by atoms with Crippen LogP contribution in [-0.2, 0) is 12.8 Å². The SMILES string of the molecule is CC[C@H]1CN2CCc3cc(C=O)c(OC)cc3C2C[C@@H]1C[C@H]1NCCc2cc(OC)c(OC)cc21. The van der Waals surface area contributed by atoms with E-state index in [1.165, 1.54) is 28.7 Å². The van der Waals surface area contributed by atoms with Crippen molar-refractivity contribution < 1.29 is 19.0 Å². The van der Waals surface area contributed by atoms with Crippen LogP contribution in [-0.4, -0.2) is 52.1 Å². The molecule has 0 aromatic heterocycles. The second-order valence-corrected chi connectivity index (χ2v) is 10.2. The van der Waals surface area contributed by atoms with Gasteiger partial charge in [0.05, 0.1) is 26.9 Å². The standard InChI is InChI=1S/C29H38N2O4/c1-5-18-16-31-9-7-20-10-22(17-32)27(33-2)15-24(20)26(31)12-21(18)11-25-23-14-29(35-4)28(34-3)13-19(23)6-8-30-25/h10,13-15,17-18,21,25-26,30H,5-9,11-12,16H2,1-4H3/t18-,21-,25+,26?/m0/s1. The van der Waals surface area contributed by atoms with Crippen molar-refractivity contribution in [3.05, 3.63) is 52.1 Å². The molecule has 35 heavy (non-hydrogen) atoms. The normalized spacial score (nSPS) is 25.7. The maximum absolute atomic E-state index is 11.6. The van der Waals surface area contributed by atoms with E-state index in [2.05, 4.69) is 41.4 Å². The van der Waals surface area contributed by atoms with Crippen LogP contribution in [0.3, 0.4) is 0 Å². The molecule has 0 spiro atoms. The van der Waals surface area contributed by atoms with Gasteiger partial charge in [-0.05, 0) is 90.6 Å². The summed E-state index contributed by atoms with van der Waals surface area (Å²) in [6, 6.07) is 9.23. The first-order chi connectivity index (χ1) is 17.1. The largest absolute Gasteiger partial charge is 0.496 e. The fraction of sp³-hybridized carbons (Fsp3) is 0.552. The molecule has 0 radical (unpaired) electrons. The van der Waals surface area contributed by atoms with Gasteiger partial charge < -0.3 is 19.5 Å². The van der Waals surface area contributed by atoms with Crippen molar-refractivity contribution in [2.24, 2.45) is 11.8 Å². The molecule has 2 aromatic carbocycles. The Morgan fingerprint density at radius 3 is 2.37 bits per heavy atom. The van der Waals surface area contributed by atoms with E-state index in [1.807, 2.05) is 0 Å². The minimum Gasteiger partial charge on any atom is -0.496 e. The Morgan fingerprint density at radius 1 is 0.943 bits per heavy atom. The molecule has 6 nitrogen and oxygen atoms in total. The van der Waals surface area contributed by atoms with E-state index in [1.54, 1.807) is 21.3 Å². The number of rotatable bonds is 7. The number of ether oxygens (including phenoxy) is 3. The molecule has 1 unspecified atom stereocenters. The molecule has 3 heterocycles. The van der Waals surface area contributed by atoms with Crippen LogP contribution in [0.2, 0.25) is 0 Å². The van der Waals surface area contributed by atoms with E-state index in [4.69, 9.17) is 14.2 Å². The minimum absolute atomic E-state index is 0.319. The van der Waals surface area contributed by atoms with Crippen LogP contribution < -0.4 is 19.5 Å². The molecule has 1 saturated heterocycles. The van der Waals surface area contributed by atoms with Gasteiger partial charge in [0.15, 0.2) is 17.8 Å². The summed E-state index contributed by atoms with van der Waals surface area (Å²) in [5, 5.41) is 3.81. The van der Waals surface area contributed by atoms with Crippen molar-refractivity contribution in [2.75, 3.05) is 41.0 Å². The molecule has 1 N–H and O–H groups in total. The third-order valence-electron chi connectivity index (χ3n) is 8.62. The number of fused-ring (bicyclic) bond motifs is 4. The Hall–Kier alpha value is -2.57. The van der Waals surface area contributed by atoms with Crippen LogP contribution in [0.4, 0.5) is 0 Å². The molecule has 188 valence electrons. The van der Waals surface area contributed by atoms with Crippen LogP contribution in [0.5, 0.6) is 17.2 Å². The number of piperidine rings is 1. The fourth-order valence-electron chi connectivity index (χ4n) is 6.73. The highest BCUT2D eigenvalue weighted by molar-refractivity contribution is 5.80. The number of hydrogen-bond donors (Lipinski definition) is 1. The lowest BCUT2D eigenvalue weighted by Gasteiger charge is -2.48. The summed E-state index contributed by atoms with van der Waals surface area (Å²) in [4.78, 5) is 14.3. The van der Waals surface area contributed by atoms with E-state index >= 15 is 0 Å². The van der Waals surface area contributed by atoms with E-state index in [0.29, 0.717) is 35.2 Å². The quantitative estimate of drug-likeness (QED) is 0.580. The van der Waals surface area contributed by atoms with Gasteiger partial charge in [-0.3, -0.25) is 9.69 Å². The summed E-state index contributed by atoms with van der Waals surface area (Å²) in [5.74, 6) is 3.60. The smallest absolute Gasteiger partial charge is 0.161 e. The number of carbonyl (C=O) groups is 1. The molecular formula is C29H38N2O4. The van der Waals surface area contributed by atoms with Crippen molar-refractivity contribution in [3.8, 4) is 17.2 Å². The van der Waals surface area contributed by atoms with Gasteiger partial charge in [-0.15, -0.1) is 0 Å². The van der Waals surface area contributed by atoms with Crippen molar-refractivity contribution in [3.63, 3.8) is 0 Å². The second kappa shape index (κ2) is 10.2. The summed E-state index contributed by atoms with van der Waals surface area (Å²) in [6.07, 6.45) is 6.37. The zero-order valence-corrected chi connectivity index (χ0v) is 21.4. The number of aldehydes is 1. The molecule has 2 aromatic rings. The number of nitrogens with one attached hydrogen (secondary N) is 1. The summed E-state index contributed by atoms with van der Waals surface area (Å²) < 4.78 is 16.8. The van der Waals surface area contributed by atoms with Gasteiger partial charge in [-0.2, -0.15) is 0 Å². The number of methoxy groups -OCH3 is 3. The molecule has 0 amide bonds. The van der Waals surface area contributed by atoms with Crippen LogP contribution in [0.25, 0.3) is 0 Å². The zero-order chi connectivity index (χ0) is 24.5. The Bertz CT molecular complexity index is 1080. The highest BCUT2D eigenvalue weighted by Crippen LogP contribution is 2.47. The molecule has 6 heteroatoms. The van der Waals surface area contributed by atoms with Crippen molar-refractivity contribution in [2.45, 2.75) is 51.1 Å². The van der Waals surface area contributed by atoms with Crippen LogP contribution in [0, 0.1) is 11.8 Å². The third kappa shape index (κ3) is 4.43. The first-order valence-corrected chi connectivity index (χ1v) is 13.0. The predicted molar refractivity (Wildman–Crippen MR) is 137 cm³/mol. The van der Waals surface area contributed by atoms with Crippen LogP contribution in [0.15, 0.2) is 24.3 Å². The average Bonchev–Trinajstić information content (AvgIpc) is 2.91. The molecule has 5 rings (SSSR count). The molecule has 0 aliphatic carbocycles. The lowest BCUT2D eigenvalue weighted by Crippen LogP contribution is -2.46. The molecule has 0 bridgehead atoms. The highest BCUT2D eigenvalue weighted by Gasteiger charge is 2.40. The zero-order valence-electron chi connectivity index (χ0n) is 21.4. The lowest BCUT2D eigenvalue weighted by molar-refractivity contribution is 0.0435. The summed E-state index contributed by atoms with van der Waals surface area (Å²) in [7, 11) is 5.07. The van der Waals surface area contributed by atoms with Crippen molar-refractivity contribution in [1.82, 2.24) is 10.2 Å². The van der Waals surface area contributed by atoms with Gasteiger partial charge in [-0.25, -0.2) is 0 Å². The first kappa shape index (κ1) is 24.1. The Labute approximate surface area is 208 Å². The van der Waals surface area contributed by atoms with Gasteiger partial charge >= 0.3 is 0 Å². The number of hydrogen-bond acceptors (Lipinski definition) is 6. The second-order valence-electron chi connectivity index (χ2n) is 10.2. The van der Waals surface area contributed by atoms with Crippen LogP contribution in [0.1, 0.15) is 70.9 Å². The van der Waals surface area contributed by atoms with E-state index in [0.717, 1.165) is 63.1 Å². The predicted octanol–water partition coefficient (Wildman–Crippen LogP) is 4.75. The number of benzene rings is 2. The molecule has 3 aliphatic rings. The van der Waals surface area contributed by atoms with Gasteiger partial charge in [0.2, 0.25) is 0 Å². The summed E-state index contributed by atoms with van der Waals surface area (Å²) in [6.45, 7) is 5.52. The first-order valence-electron chi connectivity index (χ1n) is 13.0. The highest BCUT2D eigenvalue weighted by atomic mass is 16.5. The fourth-order valence-corrected chi connectivity index (χ4v) is 6.73. The molecule has 0 saturated carbocycles. The van der Waals surface area contributed by atoms with E-state index < -0.39 is 0 Å². The van der Waals surface area contributed by atoms with Gasteiger partial charge in [0.25, 0.3) is 0 Å². The monoisotopic (exact) mass is 478 g/mol. The minimum atomic E-state index is 0.319. The Balaban J connectivity index is 1.43. The maximum atomic E-state index is 11.6. The summed E-state index contributed by atoms with van der Waals surface area (Å²) in [5.41, 5.74) is 6.03. The molecular weight excluding hydrogens is 440 g/mol. The third-order valence-corrected chi connectivity index (χ3v) is 8.62. The average molecular weight is 479 g/mol. The Morgan fingerprint density at radius 2 is 1.66 bits per heavy atom. The van der Waals surface area contributed by atoms with Gasteiger partial charge in [0, 0.05) is 25.2 Å². The van der Waals surface area contributed by atoms with Gasteiger partial charge in [-0.1, -0.05) is 13.3 Å². The van der Waals surface area contributed by atoms with Crippen molar-refractivity contribution >= 4 is 6.29 Å². The maximum Gasteiger partial charge on any atom is 0.161 e. The Kier molecular flexibility index (Phi) is 7.03. The number of carbonyl (C=O) groups excluding carboxylic acids is 1. The molecule has 3 aliphatic heterocycles. The van der Waals surface area contributed by atoms with Crippen molar-refractivity contribution in [1.29, 1.82) is 0 Å². The topological polar surface area (TPSA) is 60.0 Å². The van der Waals surface area contributed by atoms with Gasteiger partial charge in [0.1, 0.15) is 5.75 Å². The summed E-state index contributed by atoms with van der Waals surface area (Å²) >= 11 is 0. The lowest BCUT2D eigenvalue weighted by atomic mass is 9.72. The number of nitrogens with zero attached hydrogens (tertiary/aromatic N) is 1. The van der Waals surface area contributed by atoms with E-state index in [9.17, 15) is 4.79 Å². The van der Waals surface area contributed by atoms with E-state index in [-0.39, 0.29) is 0 Å². The van der Waals surface area contributed by atoms with Crippen LogP contribution >= 0.6 is 0 Å². The molecule has 1 fully saturated rings. The molecule has 4 atom stereocenters.